The van der Waals surface area contributed by atoms with Crippen molar-refractivity contribution in [1.82, 2.24) is 5.32 Å². The van der Waals surface area contributed by atoms with Crippen LogP contribution in [0.2, 0.25) is 10.0 Å². The molecule has 0 saturated carbocycles. The largest absolute Gasteiger partial charge is 0.326 e. The Kier molecular flexibility index (Phi) is 7.82. The summed E-state index contributed by atoms with van der Waals surface area (Å²) < 4.78 is 0. The van der Waals surface area contributed by atoms with Gasteiger partial charge in [-0.15, -0.1) is 12.4 Å². The molecule has 0 spiro atoms. The summed E-state index contributed by atoms with van der Waals surface area (Å²) in [6.45, 7) is 4.26. The van der Waals surface area contributed by atoms with Crippen LogP contribution in [-0.2, 0) is 4.79 Å². The summed E-state index contributed by atoms with van der Waals surface area (Å²) in [5.74, 6) is 0.996. The van der Waals surface area contributed by atoms with Crippen LogP contribution in [0, 0.1) is 11.8 Å². The Labute approximate surface area is 142 Å². The van der Waals surface area contributed by atoms with Crippen molar-refractivity contribution in [2.45, 2.75) is 26.2 Å². The maximum absolute atomic E-state index is 12.1. The normalized spacial score (nSPS) is 19.5. The highest BCUT2D eigenvalue weighted by molar-refractivity contribution is 6.42. The summed E-state index contributed by atoms with van der Waals surface area (Å²) >= 11 is 11.8. The van der Waals surface area contributed by atoms with Gasteiger partial charge in [-0.1, -0.05) is 30.1 Å². The molecule has 0 radical (unpaired) electrons. The maximum atomic E-state index is 12.1. The van der Waals surface area contributed by atoms with Crippen molar-refractivity contribution in [2.75, 3.05) is 18.4 Å². The minimum atomic E-state index is 0. The molecule has 1 heterocycles. The predicted molar refractivity (Wildman–Crippen MR) is 91.7 cm³/mol. The van der Waals surface area contributed by atoms with Crippen molar-refractivity contribution in [3.8, 4) is 0 Å². The van der Waals surface area contributed by atoms with E-state index in [4.69, 9.17) is 23.2 Å². The zero-order valence-electron chi connectivity index (χ0n) is 12.0. The molecule has 1 aromatic carbocycles. The van der Waals surface area contributed by atoms with Gasteiger partial charge in [0.25, 0.3) is 0 Å². The lowest BCUT2D eigenvalue weighted by molar-refractivity contribution is -0.117. The Bertz CT molecular complexity index is 476. The van der Waals surface area contributed by atoms with Crippen LogP contribution >= 0.6 is 35.6 Å². The smallest absolute Gasteiger partial charge is 0.224 e. The summed E-state index contributed by atoms with van der Waals surface area (Å²) in [5, 5.41) is 7.21. The van der Waals surface area contributed by atoms with Crippen molar-refractivity contribution in [3.05, 3.63) is 28.2 Å². The van der Waals surface area contributed by atoms with Crippen LogP contribution in [-0.4, -0.2) is 19.0 Å². The fourth-order valence-electron chi connectivity index (χ4n) is 2.61. The van der Waals surface area contributed by atoms with Gasteiger partial charge in [0.05, 0.1) is 10.0 Å². The first-order valence-corrected chi connectivity index (χ1v) is 7.77. The van der Waals surface area contributed by atoms with E-state index in [9.17, 15) is 4.79 Å². The van der Waals surface area contributed by atoms with Gasteiger partial charge < -0.3 is 10.6 Å². The molecule has 0 bridgehead atoms. The SMILES string of the molecule is CC(CC(=O)Nc1ccc(Cl)c(Cl)c1)C1CCCNC1.Cl. The van der Waals surface area contributed by atoms with E-state index in [1.807, 2.05) is 0 Å². The quantitative estimate of drug-likeness (QED) is 0.845. The molecule has 2 unspecified atom stereocenters. The van der Waals surface area contributed by atoms with Gasteiger partial charge >= 0.3 is 0 Å². The second-order valence-electron chi connectivity index (χ2n) is 5.46. The molecule has 1 saturated heterocycles. The molecule has 1 aromatic rings. The summed E-state index contributed by atoms with van der Waals surface area (Å²) in [4.78, 5) is 12.1. The van der Waals surface area contributed by atoms with Gasteiger partial charge in [0.15, 0.2) is 0 Å². The number of nitrogens with one attached hydrogen (secondary N) is 2. The maximum Gasteiger partial charge on any atom is 0.224 e. The van der Waals surface area contributed by atoms with Crippen LogP contribution in [0.5, 0.6) is 0 Å². The van der Waals surface area contributed by atoms with E-state index in [-0.39, 0.29) is 18.3 Å². The van der Waals surface area contributed by atoms with Crippen LogP contribution in [0.15, 0.2) is 18.2 Å². The van der Waals surface area contributed by atoms with Gasteiger partial charge in [0.1, 0.15) is 0 Å². The highest BCUT2D eigenvalue weighted by Crippen LogP contribution is 2.26. The predicted octanol–water partition coefficient (Wildman–Crippen LogP) is 4.38. The molecule has 0 aromatic heterocycles. The van der Waals surface area contributed by atoms with Gasteiger partial charge in [0.2, 0.25) is 5.91 Å². The molecule has 2 atom stereocenters. The van der Waals surface area contributed by atoms with Crippen molar-refractivity contribution in [3.63, 3.8) is 0 Å². The van der Waals surface area contributed by atoms with E-state index in [2.05, 4.69) is 17.6 Å². The van der Waals surface area contributed by atoms with Crippen LogP contribution in [0.3, 0.4) is 0 Å². The number of carbonyl (C=O) groups excluding carboxylic acids is 1. The van der Waals surface area contributed by atoms with E-state index in [1.165, 1.54) is 12.8 Å². The minimum Gasteiger partial charge on any atom is -0.326 e. The molecule has 1 aliphatic rings. The fourth-order valence-corrected chi connectivity index (χ4v) is 2.91. The number of halogens is 3. The molecule has 118 valence electrons. The van der Waals surface area contributed by atoms with E-state index < -0.39 is 0 Å². The van der Waals surface area contributed by atoms with Crippen molar-refractivity contribution in [2.24, 2.45) is 11.8 Å². The first-order valence-electron chi connectivity index (χ1n) is 7.02. The van der Waals surface area contributed by atoms with Crippen LogP contribution < -0.4 is 10.6 Å². The van der Waals surface area contributed by atoms with Crippen molar-refractivity contribution in [1.29, 1.82) is 0 Å². The number of rotatable bonds is 4. The highest BCUT2D eigenvalue weighted by Gasteiger charge is 2.22. The van der Waals surface area contributed by atoms with Gasteiger partial charge in [0, 0.05) is 12.1 Å². The van der Waals surface area contributed by atoms with E-state index >= 15 is 0 Å². The molecule has 1 aliphatic heterocycles. The molecule has 2 rings (SSSR count). The fraction of sp³-hybridized carbons (Fsp3) is 0.533. The number of carbonyl (C=O) groups is 1. The molecule has 0 aliphatic carbocycles. The lowest BCUT2D eigenvalue weighted by Crippen LogP contribution is -2.34. The van der Waals surface area contributed by atoms with Crippen LogP contribution in [0.1, 0.15) is 26.2 Å². The van der Waals surface area contributed by atoms with Gasteiger partial charge in [-0.05, 0) is 56.0 Å². The van der Waals surface area contributed by atoms with E-state index in [0.717, 1.165) is 13.1 Å². The molecule has 3 nitrogen and oxygen atoms in total. The van der Waals surface area contributed by atoms with Crippen molar-refractivity contribution >= 4 is 47.2 Å². The standard InChI is InChI=1S/C15H20Cl2N2O.ClH/c1-10(11-3-2-6-18-9-11)7-15(20)19-12-4-5-13(16)14(17)8-12;/h4-5,8,10-11,18H,2-3,6-7,9H2,1H3,(H,19,20);1H. The Morgan fingerprint density at radius 2 is 2.19 bits per heavy atom. The van der Waals surface area contributed by atoms with Crippen molar-refractivity contribution < 1.29 is 4.79 Å². The molecule has 2 N–H and O–H groups in total. The van der Waals surface area contributed by atoms with Gasteiger partial charge in [-0.2, -0.15) is 0 Å². The summed E-state index contributed by atoms with van der Waals surface area (Å²) in [7, 11) is 0. The summed E-state index contributed by atoms with van der Waals surface area (Å²) in [6.07, 6.45) is 2.93. The van der Waals surface area contributed by atoms with Gasteiger partial charge in [-0.25, -0.2) is 0 Å². The zero-order valence-corrected chi connectivity index (χ0v) is 14.3. The van der Waals surface area contributed by atoms with Crippen LogP contribution in [0.25, 0.3) is 0 Å². The van der Waals surface area contributed by atoms with E-state index in [0.29, 0.717) is 34.0 Å². The lowest BCUT2D eigenvalue weighted by atomic mass is 9.85. The summed E-state index contributed by atoms with van der Waals surface area (Å²) in [6, 6.07) is 5.13. The van der Waals surface area contributed by atoms with E-state index in [1.54, 1.807) is 18.2 Å². The average molecular weight is 352 g/mol. The molecule has 6 heteroatoms. The Morgan fingerprint density at radius 3 is 2.81 bits per heavy atom. The number of benzene rings is 1. The number of anilines is 1. The molecular weight excluding hydrogens is 331 g/mol. The molecule has 1 fully saturated rings. The topological polar surface area (TPSA) is 41.1 Å². The van der Waals surface area contributed by atoms with Gasteiger partial charge in [-0.3, -0.25) is 4.79 Å². The first kappa shape index (κ1) is 18.6. The number of amides is 1. The Hall–Kier alpha value is -0.480. The Balaban J connectivity index is 0.00000220. The highest BCUT2D eigenvalue weighted by atomic mass is 35.5. The number of hydrogen-bond donors (Lipinski definition) is 2. The molecule has 1 amide bonds. The third-order valence-corrected chi connectivity index (χ3v) is 4.59. The summed E-state index contributed by atoms with van der Waals surface area (Å²) in [5.41, 5.74) is 0.693. The minimum absolute atomic E-state index is 0. The lowest BCUT2D eigenvalue weighted by Gasteiger charge is -2.28. The second-order valence-corrected chi connectivity index (χ2v) is 6.28. The first-order chi connectivity index (χ1) is 9.56. The van der Waals surface area contributed by atoms with Crippen LogP contribution in [0.4, 0.5) is 5.69 Å². The molecule has 21 heavy (non-hydrogen) atoms. The average Bonchev–Trinajstić information content (AvgIpc) is 2.44. The second kappa shape index (κ2) is 8.84. The third kappa shape index (κ3) is 5.67. The number of piperidine rings is 1. The third-order valence-electron chi connectivity index (χ3n) is 3.85. The zero-order chi connectivity index (χ0) is 14.5. The molecular formula is C15H21Cl3N2O. The number of hydrogen-bond acceptors (Lipinski definition) is 2. The Morgan fingerprint density at radius 1 is 1.43 bits per heavy atom. The monoisotopic (exact) mass is 350 g/mol.